The van der Waals surface area contributed by atoms with Crippen molar-refractivity contribution < 1.29 is 13.2 Å². The Bertz CT molecular complexity index is 774. The lowest BCUT2D eigenvalue weighted by Gasteiger charge is -2.26. The Balaban J connectivity index is 1.77. The van der Waals surface area contributed by atoms with Gasteiger partial charge >= 0.3 is 6.01 Å². The third-order valence-electron chi connectivity index (χ3n) is 3.65. The summed E-state index contributed by atoms with van der Waals surface area (Å²) in [7, 11) is -2.08. The van der Waals surface area contributed by atoms with E-state index < -0.39 is 10.0 Å². The van der Waals surface area contributed by atoms with E-state index in [0.717, 1.165) is 37.3 Å². The number of hydrogen-bond donors (Lipinski definition) is 1. The smallest absolute Gasteiger partial charge is 0.321 e. The van der Waals surface area contributed by atoms with Crippen molar-refractivity contribution in [3.63, 3.8) is 0 Å². The average molecular weight is 369 g/mol. The number of sulfonamides is 1. The third-order valence-corrected chi connectivity index (χ3v) is 6.45. The Morgan fingerprint density at radius 1 is 1.25 bits per heavy atom. The Hall–Kier alpha value is -1.78. The van der Waals surface area contributed by atoms with E-state index in [2.05, 4.69) is 24.6 Å². The molecule has 0 aromatic carbocycles. The molecule has 0 unspecified atom stereocenters. The molecule has 8 nitrogen and oxygen atoms in total. The van der Waals surface area contributed by atoms with Crippen LogP contribution >= 0.6 is 11.3 Å². The van der Waals surface area contributed by atoms with Crippen LogP contribution in [-0.2, 0) is 16.6 Å². The molecule has 130 valence electrons. The Kier molecular flexibility index (Phi) is 5.27. The van der Waals surface area contributed by atoms with Crippen molar-refractivity contribution in [2.75, 3.05) is 25.1 Å². The van der Waals surface area contributed by atoms with Crippen molar-refractivity contribution in [3.8, 4) is 6.01 Å². The van der Waals surface area contributed by atoms with Crippen molar-refractivity contribution in [1.29, 1.82) is 0 Å². The normalized spacial score (nSPS) is 15.5. The van der Waals surface area contributed by atoms with Gasteiger partial charge in [0.1, 0.15) is 4.21 Å². The minimum absolute atomic E-state index is 0.0139. The molecule has 0 aliphatic carbocycles. The molecule has 3 heterocycles. The second kappa shape index (κ2) is 7.41. The van der Waals surface area contributed by atoms with E-state index in [0.29, 0.717) is 11.8 Å². The summed E-state index contributed by atoms with van der Waals surface area (Å²) in [5.74, 6) is 0.870. The van der Waals surface area contributed by atoms with Gasteiger partial charge in [-0.15, -0.1) is 11.3 Å². The molecule has 1 N–H and O–H groups in total. The highest BCUT2D eigenvalue weighted by atomic mass is 32.2. The zero-order valence-electron chi connectivity index (χ0n) is 13.3. The fraction of sp³-hybridized carbons (Fsp3) is 0.500. The molecule has 2 aromatic rings. The van der Waals surface area contributed by atoms with Crippen LogP contribution in [0.25, 0.3) is 0 Å². The largest absolute Gasteiger partial charge is 0.467 e. The van der Waals surface area contributed by atoms with Crippen molar-refractivity contribution in [2.24, 2.45) is 0 Å². The number of piperidine rings is 1. The van der Waals surface area contributed by atoms with Gasteiger partial charge in [-0.2, -0.15) is 15.0 Å². The van der Waals surface area contributed by atoms with Crippen LogP contribution in [0.1, 0.15) is 25.1 Å². The third kappa shape index (κ3) is 4.00. The van der Waals surface area contributed by atoms with Crippen LogP contribution in [0.3, 0.4) is 0 Å². The molecule has 1 aliphatic heterocycles. The number of aromatic nitrogens is 3. The van der Waals surface area contributed by atoms with Crippen LogP contribution in [0.4, 0.5) is 5.95 Å². The van der Waals surface area contributed by atoms with Gasteiger partial charge in [-0.1, -0.05) is 6.07 Å². The van der Waals surface area contributed by atoms with Gasteiger partial charge in [-0.3, -0.25) is 0 Å². The lowest BCUT2D eigenvalue weighted by atomic mass is 10.1. The first-order chi connectivity index (χ1) is 11.6. The standard InChI is InChI=1S/C14H19N5O3S2/c1-22-14-17-11(10-15-24(20,21)12-6-5-9-23-12)16-13(18-14)19-7-3-2-4-8-19/h5-6,9,15H,2-4,7-8,10H2,1H3. The lowest BCUT2D eigenvalue weighted by Crippen LogP contribution is -2.32. The fourth-order valence-electron chi connectivity index (χ4n) is 2.44. The van der Waals surface area contributed by atoms with Gasteiger partial charge in [0, 0.05) is 13.1 Å². The van der Waals surface area contributed by atoms with Gasteiger partial charge in [0.2, 0.25) is 16.0 Å². The zero-order valence-corrected chi connectivity index (χ0v) is 14.9. The highest BCUT2D eigenvalue weighted by Crippen LogP contribution is 2.19. The summed E-state index contributed by atoms with van der Waals surface area (Å²) in [5, 5.41) is 1.72. The van der Waals surface area contributed by atoms with Crippen molar-refractivity contribution in [2.45, 2.75) is 30.0 Å². The summed E-state index contributed by atoms with van der Waals surface area (Å²) in [5.41, 5.74) is 0. The fourth-order valence-corrected chi connectivity index (χ4v) is 4.46. The van der Waals surface area contributed by atoms with Crippen molar-refractivity contribution >= 4 is 27.3 Å². The van der Waals surface area contributed by atoms with Gasteiger partial charge in [-0.05, 0) is 30.7 Å². The monoisotopic (exact) mass is 369 g/mol. The van der Waals surface area contributed by atoms with Crippen LogP contribution < -0.4 is 14.4 Å². The van der Waals surface area contributed by atoms with Crippen LogP contribution in [-0.4, -0.2) is 43.6 Å². The lowest BCUT2D eigenvalue weighted by molar-refractivity contribution is 0.374. The number of hydrogen-bond acceptors (Lipinski definition) is 8. The average Bonchev–Trinajstić information content (AvgIpc) is 3.16. The van der Waals surface area contributed by atoms with E-state index >= 15 is 0 Å². The van der Waals surface area contributed by atoms with Crippen LogP contribution in [0.15, 0.2) is 21.7 Å². The molecule has 10 heteroatoms. The van der Waals surface area contributed by atoms with E-state index in [-0.39, 0.29) is 16.8 Å². The highest BCUT2D eigenvalue weighted by Gasteiger charge is 2.19. The quantitative estimate of drug-likeness (QED) is 0.822. The number of methoxy groups -OCH3 is 1. The van der Waals surface area contributed by atoms with Gasteiger partial charge in [0.15, 0.2) is 5.82 Å². The number of thiophene rings is 1. The Labute approximate surface area is 145 Å². The molecule has 3 rings (SSSR count). The van der Waals surface area contributed by atoms with E-state index in [9.17, 15) is 8.42 Å². The summed E-state index contributed by atoms with van der Waals surface area (Å²) in [6, 6.07) is 3.44. The van der Waals surface area contributed by atoms with Crippen LogP contribution in [0.2, 0.25) is 0 Å². The first-order valence-corrected chi connectivity index (χ1v) is 10.0. The molecule has 0 saturated carbocycles. The molecular formula is C14H19N5O3S2. The van der Waals surface area contributed by atoms with E-state index in [4.69, 9.17) is 4.74 Å². The molecule has 1 saturated heterocycles. The van der Waals surface area contributed by atoms with E-state index in [1.807, 2.05) is 0 Å². The second-order valence-electron chi connectivity index (χ2n) is 5.34. The van der Waals surface area contributed by atoms with Gasteiger partial charge in [-0.25, -0.2) is 13.1 Å². The summed E-state index contributed by atoms with van der Waals surface area (Å²) in [4.78, 5) is 14.9. The summed E-state index contributed by atoms with van der Waals surface area (Å²) in [6.07, 6.45) is 3.38. The number of nitrogens with one attached hydrogen (secondary N) is 1. The molecule has 0 atom stereocenters. The molecule has 24 heavy (non-hydrogen) atoms. The molecule has 1 aliphatic rings. The summed E-state index contributed by atoms with van der Waals surface area (Å²) < 4.78 is 32.3. The summed E-state index contributed by atoms with van der Waals surface area (Å²) >= 11 is 1.16. The van der Waals surface area contributed by atoms with E-state index in [1.165, 1.54) is 13.5 Å². The summed E-state index contributed by atoms with van der Waals surface area (Å²) in [6.45, 7) is 1.75. The molecule has 0 spiro atoms. The minimum Gasteiger partial charge on any atom is -0.467 e. The maximum atomic E-state index is 12.2. The number of anilines is 1. The molecule has 0 radical (unpaired) electrons. The SMILES string of the molecule is COc1nc(CNS(=O)(=O)c2cccs2)nc(N2CCCCC2)n1. The number of nitrogens with zero attached hydrogens (tertiary/aromatic N) is 4. The maximum Gasteiger partial charge on any atom is 0.321 e. The maximum absolute atomic E-state index is 12.2. The number of rotatable bonds is 6. The molecule has 0 bridgehead atoms. The molecular weight excluding hydrogens is 350 g/mol. The predicted octanol–water partition coefficient (Wildman–Crippen LogP) is 1.41. The molecule has 1 fully saturated rings. The topological polar surface area (TPSA) is 97.3 Å². The zero-order chi connectivity index (χ0) is 17.0. The van der Waals surface area contributed by atoms with Gasteiger partial charge in [0.25, 0.3) is 0 Å². The Morgan fingerprint density at radius 2 is 2.04 bits per heavy atom. The highest BCUT2D eigenvalue weighted by molar-refractivity contribution is 7.91. The molecule has 0 amide bonds. The van der Waals surface area contributed by atoms with Gasteiger partial charge in [0.05, 0.1) is 13.7 Å². The Morgan fingerprint density at radius 3 is 2.71 bits per heavy atom. The first-order valence-electron chi connectivity index (χ1n) is 7.65. The van der Waals surface area contributed by atoms with E-state index in [1.54, 1.807) is 17.5 Å². The van der Waals surface area contributed by atoms with Crippen LogP contribution in [0.5, 0.6) is 6.01 Å². The molecule has 2 aromatic heterocycles. The minimum atomic E-state index is -3.56. The first kappa shape index (κ1) is 17.1. The predicted molar refractivity (Wildman–Crippen MR) is 90.8 cm³/mol. The van der Waals surface area contributed by atoms with Crippen molar-refractivity contribution in [1.82, 2.24) is 19.7 Å². The number of ether oxygens (including phenoxy) is 1. The van der Waals surface area contributed by atoms with Crippen molar-refractivity contribution in [3.05, 3.63) is 23.3 Å². The van der Waals surface area contributed by atoms with Gasteiger partial charge < -0.3 is 9.64 Å². The van der Waals surface area contributed by atoms with Crippen LogP contribution in [0, 0.1) is 0 Å². The second-order valence-corrected chi connectivity index (χ2v) is 8.28.